The van der Waals surface area contributed by atoms with Crippen molar-refractivity contribution in [3.05, 3.63) is 89.4 Å². The Morgan fingerprint density at radius 2 is 1.88 bits per heavy atom. The van der Waals surface area contributed by atoms with Crippen LogP contribution in [0.1, 0.15) is 39.7 Å². The highest BCUT2D eigenvalue weighted by Gasteiger charge is 2.35. The zero-order chi connectivity index (χ0) is 18.1. The number of aromatic hydroxyl groups is 1. The number of amides is 1. The van der Waals surface area contributed by atoms with Crippen LogP contribution in [0.4, 0.5) is 0 Å². The van der Waals surface area contributed by atoms with Crippen LogP contribution in [0.15, 0.2) is 76.4 Å². The van der Waals surface area contributed by atoms with E-state index >= 15 is 0 Å². The second-order valence-electron chi connectivity index (χ2n) is 6.32. The first-order valence-corrected chi connectivity index (χ1v) is 8.43. The summed E-state index contributed by atoms with van der Waals surface area (Å²) in [6.45, 7) is 2.02. The second kappa shape index (κ2) is 6.52. The van der Waals surface area contributed by atoms with Crippen molar-refractivity contribution in [2.45, 2.75) is 19.4 Å². The minimum Gasteiger partial charge on any atom is -0.507 e. The largest absolute Gasteiger partial charge is 0.507 e. The number of carbonyl (C=O) groups is 1. The van der Waals surface area contributed by atoms with Crippen LogP contribution in [0.2, 0.25) is 0 Å². The van der Waals surface area contributed by atoms with E-state index in [1.54, 1.807) is 30.3 Å². The summed E-state index contributed by atoms with van der Waals surface area (Å²) in [4.78, 5) is 12.9. The predicted octanol–water partition coefficient (Wildman–Crippen LogP) is 4.29. The molecule has 0 saturated carbocycles. The first-order valence-electron chi connectivity index (χ1n) is 8.43. The standard InChI is InChI=1S/C21H18N2O3/c1-14-8-10-15(11-9-14)18-13-17(16-5-2-3-6-19(16)24)22-23(18)21(25)20-7-4-12-26-20/h2-12,18,24H,13H2,1H3/t18-/m0/s1. The molecule has 5 nitrogen and oxygen atoms in total. The molecule has 5 heteroatoms. The smallest absolute Gasteiger partial charge is 0.310 e. The van der Waals surface area contributed by atoms with Crippen molar-refractivity contribution in [1.82, 2.24) is 5.01 Å². The average Bonchev–Trinajstić information content (AvgIpc) is 3.32. The summed E-state index contributed by atoms with van der Waals surface area (Å²) >= 11 is 0. The molecular formula is C21H18N2O3. The van der Waals surface area contributed by atoms with Crippen LogP contribution >= 0.6 is 0 Å². The maximum absolute atomic E-state index is 12.9. The summed E-state index contributed by atoms with van der Waals surface area (Å²) in [5.41, 5.74) is 3.45. The Bertz CT molecular complexity index is 959. The van der Waals surface area contributed by atoms with Gasteiger partial charge in [-0.25, -0.2) is 5.01 Å². The number of hydrogen-bond donors (Lipinski definition) is 1. The monoisotopic (exact) mass is 346 g/mol. The molecule has 1 aliphatic heterocycles. The van der Waals surface area contributed by atoms with Crippen molar-refractivity contribution in [2.24, 2.45) is 5.10 Å². The van der Waals surface area contributed by atoms with Gasteiger partial charge >= 0.3 is 5.91 Å². The van der Waals surface area contributed by atoms with Crippen LogP contribution in [0, 0.1) is 6.92 Å². The van der Waals surface area contributed by atoms with Gasteiger partial charge in [0, 0.05) is 12.0 Å². The number of para-hydroxylation sites is 1. The van der Waals surface area contributed by atoms with Gasteiger partial charge in [-0.1, -0.05) is 42.0 Å². The van der Waals surface area contributed by atoms with E-state index in [4.69, 9.17) is 4.42 Å². The van der Waals surface area contributed by atoms with E-state index < -0.39 is 0 Å². The lowest BCUT2D eigenvalue weighted by molar-refractivity contribution is 0.0678. The number of nitrogens with zero attached hydrogens (tertiary/aromatic N) is 2. The molecule has 0 fully saturated rings. The Morgan fingerprint density at radius 1 is 1.12 bits per heavy atom. The molecule has 0 spiro atoms. The Balaban J connectivity index is 1.75. The Labute approximate surface area is 151 Å². The Morgan fingerprint density at radius 3 is 2.58 bits per heavy atom. The fourth-order valence-electron chi connectivity index (χ4n) is 3.14. The van der Waals surface area contributed by atoms with Crippen LogP contribution in [-0.4, -0.2) is 21.7 Å². The maximum Gasteiger partial charge on any atom is 0.310 e. The highest BCUT2D eigenvalue weighted by molar-refractivity contribution is 6.06. The minimum atomic E-state index is -0.300. The van der Waals surface area contributed by atoms with Gasteiger partial charge in [0.1, 0.15) is 5.75 Å². The Kier molecular flexibility index (Phi) is 4.05. The van der Waals surface area contributed by atoms with Gasteiger partial charge in [-0.05, 0) is 36.8 Å². The maximum atomic E-state index is 12.9. The molecule has 1 aliphatic rings. The van der Waals surface area contributed by atoms with Gasteiger partial charge in [0.25, 0.3) is 0 Å². The highest BCUT2D eigenvalue weighted by Crippen LogP contribution is 2.35. The SMILES string of the molecule is Cc1ccc([C@@H]2CC(c3ccccc3O)=NN2C(=O)c2ccco2)cc1. The van der Waals surface area contributed by atoms with E-state index in [-0.39, 0.29) is 23.5 Å². The van der Waals surface area contributed by atoms with E-state index in [9.17, 15) is 9.90 Å². The fraction of sp³-hybridized carbons (Fsp3) is 0.143. The van der Waals surface area contributed by atoms with Crippen molar-refractivity contribution in [3.63, 3.8) is 0 Å². The van der Waals surface area contributed by atoms with Gasteiger partial charge in [0.15, 0.2) is 5.76 Å². The third-order valence-corrected chi connectivity index (χ3v) is 4.53. The highest BCUT2D eigenvalue weighted by atomic mass is 16.3. The number of phenols is 1. The van der Waals surface area contributed by atoms with Gasteiger partial charge in [-0.15, -0.1) is 0 Å². The zero-order valence-corrected chi connectivity index (χ0v) is 14.3. The number of furan rings is 1. The molecule has 0 aliphatic carbocycles. The molecule has 0 bridgehead atoms. The summed E-state index contributed by atoms with van der Waals surface area (Å²) in [6.07, 6.45) is 1.99. The van der Waals surface area contributed by atoms with Crippen molar-refractivity contribution in [3.8, 4) is 5.75 Å². The van der Waals surface area contributed by atoms with Gasteiger partial charge in [-0.3, -0.25) is 4.79 Å². The molecule has 1 amide bonds. The van der Waals surface area contributed by atoms with E-state index in [1.807, 2.05) is 37.3 Å². The molecule has 26 heavy (non-hydrogen) atoms. The van der Waals surface area contributed by atoms with E-state index in [2.05, 4.69) is 5.10 Å². The lowest BCUT2D eigenvalue weighted by atomic mass is 9.97. The summed E-state index contributed by atoms with van der Waals surface area (Å²) in [5, 5.41) is 16.2. The van der Waals surface area contributed by atoms with Crippen LogP contribution in [0.25, 0.3) is 0 Å². The van der Waals surface area contributed by atoms with Crippen molar-refractivity contribution in [1.29, 1.82) is 0 Å². The molecular weight excluding hydrogens is 328 g/mol. The lowest BCUT2D eigenvalue weighted by Crippen LogP contribution is -2.26. The first-order chi connectivity index (χ1) is 12.6. The molecule has 4 rings (SSSR count). The third kappa shape index (κ3) is 2.88. The minimum absolute atomic E-state index is 0.154. The number of hydrazone groups is 1. The summed E-state index contributed by atoms with van der Waals surface area (Å²) in [6, 6.07) is 18.1. The van der Waals surface area contributed by atoms with Crippen LogP contribution in [0.3, 0.4) is 0 Å². The van der Waals surface area contributed by atoms with E-state index in [0.717, 1.165) is 11.1 Å². The lowest BCUT2D eigenvalue weighted by Gasteiger charge is -2.21. The summed E-state index contributed by atoms with van der Waals surface area (Å²) < 4.78 is 5.27. The summed E-state index contributed by atoms with van der Waals surface area (Å²) in [5.74, 6) is 0.0941. The predicted molar refractivity (Wildman–Crippen MR) is 98.1 cm³/mol. The normalized spacial score (nSPS) is 16.6. The van der Waals surface area contributed by atoms with Crippen molar-refractivity contribution < 1.29 is 14.3 Å². The van der Waals surface area contributed by atoms with Crippen molar-refractivity contribution in [2.75, 3.05) is 0 Å². The summed E-state index contributed by atoms with van der Waals surface area (Å²) in [7, 11) is 0. The molecule has 0 saturated heterocycles. The zero-order valence-electron chi connectivity index (χ0n) is 14.3. The topological polar surface area (TPSA) is 66.0 Å². The van der Waals surface area contributed by atoms with Crippen LogP contribution in [-0.2, 0) is 0 Å². The van der Waals surface area contributed by atoms with Gasteiger partial charge in [-0.2, -0.15) is 5.10 Å². The van der Waals surface area contributed by atoms with Gasteiger partial charge < -0.3 is 9.52 Å². The van der Waals surface area contributed by atoms with Crippen LogP contribution in [0.5, 0.6) is 5.75 Å². The number of aryl methyl sites for hydroxylation is 1. The number of hydrogen-bond acceptors (Lipinski definition) is 4. The number of rotatable bonds is 3. The molecule has 130 valence electrons. The molecule has 2 aromatic carbocycles. The number of phenolic OH excluding ortho intramolecular Hbond substituents is 1. The molecule has 1 N–H and O–H groups in total. The van der Waals surface area contributed by atoms with Crippen molar-refractivity contribution >= 4 is 11.6 Å². The average molecular weight is 346 g/mol. The third-order valence-electron chi connectivity index (χ3n) is 4.53. The first kappa shape index (κ1) is 16.1. The number of carbonyl (C=O) groups excluding carboxylic acids is 1. The molecule has 2 heterocycles. The fourth-order valence-corrected chi connectivity index (χ4v) is 3.14. The molecule has 0 radical (unpaired) electrons. The number of benzene rings is 2. The quantitative estimate of drug-likeness (QED) is 0.769. The molecule has 3 aromatic rings. The second-order valence-corrected chi connectivity index (χ2v) is 6.32. The van der Waals surface area contributed by atoms with E-state index in [0.29, 0.717) is 17.7 Å². The molecule has 0 unspecified atom stereocenters. The van der Waals surface area contributed by atoms with E-state index in [1.165, 1.54) is 11.3 Å². The molecule has 1 aromatic heterocycles. The van der Waals surface area contributed by atoms with Crippen LogP contribution < -0.4 is 0 Å². The van der Waals surface area contributed by atoms with Gasteiger partial charge in [0.05, 0.1) is 18.0 Å². The molecule has 1 atom stereocenters. The Hall–Kier alpha value is -3.34. The van der Waals surface area contributed by atoms with Gasteiger partial charge in [0.2, 0.25) is 0 Å².